The molecule has 28 heavy (non-hydrogen) atoms. The van der Waals surface area contributed by atoms with Crippen LogP contribution in [0.4, 0.5) is 0 Å². The van der Waals surface area contributed by atoms with Gasteiger partial charge in [-0.15, -0.1) is 0 Å². The Morgan fingerprint density at radius 3 is 2.25 bits per heavy atom. The van der Waals surface area contributed by atoms with Gasteiger partial charge in [0.2, 0.25) is 0 Å². The maximum absolute atomic E-state index is 10.8. The topological polar surface area (TPSA) is 42.2 Å². The third kappa shape index (κ3) is 3.99. The highest BCUT2D eigenvalue weighted by molar-refractivity contribution is 5.84. The van der Waals surface area contributed by atoms with Crippen LogP contribution >= 0.6 is 0 Å². The lowest BCUT2D eigenvalue weighted by Crippen LogP contribution is -1.98. The number of benzene rings is 3. The van der Waals surface area contributed by atoms with Gasteiger partial charge in [-0.2, -0.15) is 0 Å². The average Bonchev–Trinajstić information content (AvgIpc) is 3.07. The first-order valence-corrected chi connectivity index (χ1v) is 9.63. The molecular formula is C25H23NO2. The molecule has 0 atom stereocenters. The fourth-order valence-electron chi connectivity index (χ4n) is 3.71. The van der Waals surface area contributed by atoms with E-state index in [-0.39, 0.29) is 6.42 Å². The largest absolute Gasteiger partial charge is 0.481 e. The van der Waals surface area contributed by atoms with Crippen molar-refractivity contribution in [1.29, 1.82) is 0 Å². The van der Waals surface area contributed by atoms with Gasteiger partial charge in [0, 0.05) is 30.1 Å². The predicted octanol–water partition coefficient (Wildman–Crippen LogP) is 5.76. The predicted molar refractivity (Wildman–Crippen MR) is 113 cm³/mol. The number of hydrogen-bond acceptors (Lipinski definition) is 1. The van der Waals surface area contributed by atoms with E-state index in [2.05, 4.69) is 77.5 Å². The molecule has 0 radical (unpaired) electrons. The van der Waals surface area contributed by atoms with E-state index < -0.39 is 5.97 Å². The van der Waals surface area contributed by atoms with E-state index >= 15 is 0 Å². The highest BCUT2D eigenvalue weighted by Crippen LogP contribution is 2.25. The highest BCUT2D eigenvalue weighted by Gasteiger charge is 2.09. The van der Waals surface area contributed by atoms with Crippen molar-refractivity contribution in [2.24, 2.45) is 0 Å². The summed E-state index contributed by atoms with van der Waals surface area (Å²) in [5, 5.41) is 10.1. The van der Waals surface area contributed by atoms with Gasteiger partial charge in [0.15, 0.2) is 0 Å². The number of aromatic nitrogens is 1. The van der Waals surface area contributed by atoms with Crippen molar-refractivity contribution in [1.82, 2.24) is 4.57 Å². The zero-order valence-electron chi connectivity index (χ0n) is 15.7. The van der Waals surface area contributed by atoms with E-state index in [9.17, 15) is 4.79 Å². The van der Waals surface area contributed by atoms with Gasteiger partial charge in [0.1, 0.15) is 0 Å². The quantitative estimate of drug-likeness (QED) is 0.450. The molecule has 3 aromatic carbocycles. The molecule has 1 heterocycles. The van der Waals surface area contributed by atoms with Crippen LogP contribution in [-0.2, 0) is 17.8 Å². The minimum absolute atomic E-state index is 0.209. The second-order valence-electron chi connectivity index (χ2n) is 7.11. The molecule has 1 N–H and O–H groups in total. The first-order valence-electron chi connectivity index (χ1n) is 9.63. The molecule has 0 fully saturated rings. The second-order valence-corrected chi connectivity index (χ2v) is 7.11. The van der Waals surface area contributed by atoms with Gasteiger partial charge in [-0.1, -0.05) is 72.8 Å². The summed E-state index contributed by atoms with van der Waals surface area (Å²) in [6.45, 7) is 0.800. The van der Waals surface area contributed by atoms with E-state index in [4.69, 9.17) is 5.11 Å². The van der Waals surface area contributed by atoms with Crippen molar-refractivity contribution in [3.05, 3.63) is 96.2 Å². The SMILES string of the molecule is O=C(O)CCCc1cn(Cc2ccc(-c3ccccc3)cc2)c2ccccc12. The Morgan fingerprint density at radius 2 is 1.50 bits per heavy atom. The Labute approximate surface area is 164 Å². The van der Waals surface area contributed by atoms with E-state index in [1.54, 1.807) is 0 Å². The van der Waals surface area contributed by atoms with Gasteiger partial charge in [0.25, 0.3) is 0 Å². The Balaban J connectivity index is 1.57. The second kappa shape index (κ2) is 8.13. The molecule has 4 rings (SSSR count). The molecule has 0 saturated heterocycles. The first kappa shape index (κ1) is 18.1. The summed E-state index contributed by atoms with van der Waals surface area (Å²) < 4.78 is 2.27. The Morgan fingerprint density at radius 1 is 0.821 bits per heavy atom. The number of para-hydroxylation sites is 1. The summed E-state index contributed by atoms with van der Waals surface area (Å²) in [6, 6.07) is 27.5. The zero-order valence-corrected chi connectivity index (χ0v) is 15.7. The molecule has 3 nitrogen and oxygen atoms in total. The first-order chi connectivity index (χ1) is 13.7. The van der Waals surface area contributed by atoms with Crippen LogP contribution in [0.25, 0.3) is 22.0 Å². The molecule has 0 unspecified atom stereocenters. The number of carbonyl (C=O) groups is 1. The van der Waals surface area contributed by atoms with Crippen molar-refractivity contribution >= 4 is 16.9 Å². The molecule has 4 aromatic rings. The Bertz CT molecular complexity index is 1080. The van der Waals surface area contributed by atoms with Crippen molar-refractivity contribution in [2.45, 2.75) is 25.8 Å². The Kier molecular flexibility index (Phi) is 5.24. The number of aliphatic carboxylic acids is 1. The number of aryl methyl sites for hydroxylation is 1. The van der Waals surface area contributed by atoms with Crippen LogP contribution in [0.2, 0.25) is 0 Å². The van der Waals surface area contributed by atoms with Crippen LogP contribution in [0.15, 0.2) is 85.1 Å². The van der Waals surface area contributed by atoms with Crippen LogP contribution in [0.1, 0.15) is 24.0 Å². The standard InChI is InChI=1S/C25H23NO2/c27-25(28)12-6-9-22-18-26(24-11-5-4-10-23(22)24)17-19-13-15-21(16-14-19)20-7-2-1-3-8-20/h1-5,7-8,10-11,13-16,18H,6,9,12,17H2,(H,27,28). The molecule has 0 aliphatic carbocycles. The molecule has 0 saturated carbocycles. The van der Waals surface area contributed by atoms with E-state index in [1.807, 2.05) is 12.1 Å². The van der Waals surface area contributed by atoms with Crippen molar-refractivity contribution in [3.63, 3.8) is 0 Å². The lowest BCUT2D eigenvalue weighted by molar-refractivity contribution is -0.137. The number of hydrogen-bond donors (Lipinski definition) is 1. The van der Waals surface area contributed by atoms with Gasteiger partial charge in [-0.25, -0.2) is 0 Å². The fourth-order valence-corrected chi connectivity index (χ4v) is 3.71. The normalized spacial score (nSPS) is 11.0. The van der Waals surface area contributed by atoms with Crippen molar-refractivity contribution in [2.75, 3.05) is 0 Å². The van der Waals surface area contributed by atoms with E-state index in [1.165, 1.54) is 33.2 Å². The summed E-state index contributed by atoms with van der Waals surface area (Å²) in [7, 11) is 0. The molecular weight excluding hydrogens is 346 g/mol. The lowest BCUT2D eigenvalue weighted by Gasteiger charge is -2.07. The van der Waals surface area contributed by atoms with Crippen LogP contribution in [0.5, 0.6) is 0 Å². The van der Waals surface area contributed by atoms with Crippen molar-refractivity contribution in [3.8, 4) is 11.1 Å². The number of carboxylic acids is 1. The highest BCUT2D eigenvalue weighted by atomic mass is 16.4. The molecule has 0 aliphatic rings. The van der Waals surface area contributed by atoms with Gasteiger partial charge in [0.05, 0.1) is 0 Å². The molecule has 1 aromatic heterocycles. The van der Waals surface area contributed by atoms with E-state index in [0.717, 1.165) is 13.0 Å². The third-order valence-electron chi connectivity index (χ3n) is 5.12. The van der Waals surface area contributed by atoms with Crippen molar-refractivity contribution < 1.29 is 9.90 Å². The molecule has 0 amide bonds. The zero-order chi connectivity index (χ0) is 19.3. The lowest BCUT2D eigenvalue weighted by atomic mass is 10.0. The van der Waals surface area contributed by atoms with Gasteiger partial charge in [-0.3, -0.25) is 4.79 Å². The van der Waals surface area contributed by atoms with Crippen LogP contribution in [0.3, 0.4) is 0 Å². The summed E-state index contributed by atoms with van der Waals surface area (Å²) in [5.74, 6) is -0.734. The van der Waals surface area contributed by atoms with Gasteiger partial charge >= 0.3 is 5.97 Å². The maximum atomic E-state index is 10.8. The molecule has 0 bridgehead atoms. The van der Waals surface area contributed by atoms with Gasteiger partial charge < -0.3 is 9.67 Å². The minimum Gasteiger partial charge on any atom is -0.481 e. The van der Waals surface area contributed by atoms with Crippen LogP contribution < -0.4 is 0 Å². The number of nitrogens with zero attached hydrogens (tertiary/aromatic N) is 1. The van der Waals surface area contributed by atoms with E-state index in [0.29, 0.717) is 6.42 Å². The molecule has 0 spiro atoms. The summed E-state index contributed by atoms with van der Waals surface area (Å²) in [5.41, 5.74) is 6.10. The summed E-state index contributed by atoms with van der Waals surface area (Å²) in [6.07, 6.45) is 3.83. The van der Waals surface area contributed by atoms with Crippen LogP contribution in [-0.4, -0.2) is 15.6 Å². The number of fused-ring (bicyclic) bond motifs is 1. The molecule has 3 heteroatoms. The van der Waals surface area contributed by atoms with Gasteiger partial charge in [-0.05, 0) is 41.2 Å². The molecule has 0 aliphatic heterocycles. The maximum Gasteiger partial charge on any atom is 0.303 e. The summed E-state index contributed by atoms with van der Waals surface area (Å²) >= 11 is 0. The summed E-state index contributed by atoms with van der Waals surface area (Å²) in [4.78, 5) is 10.8. The average molecular weight is 369 g/mol. The monoisotopic (exact) mass is 369 g/mol. The number of rotatable bonds is 7. The molecule has 140 valence electrons. The van der Waals surface area contributed by atoms with Crippen LogP contribution in [0, 0.1) is 0 Å². The smallest absolute Gasteiger partial charge is 0.303 e. The fraction of sp³-hybridized carbons (Fsp3) is 0.160. The third-order valence-corrected chi connectivity index (χ3v) is 5.12. The Hall–Kier alpha value is -3.33. The number of carboxylic acid groups (broad SMARTS) is 1. The minimum atomic E-state index is -0.734.